The Balaban J connectivity index is 1.73. The van der Waals surface area contributed by atoms with Gasteiger partial charge in [0.15, 0.2) is 17.3 Å². The van der Waals surface area contributed by atoms with Crippen molar-refractivity contribution in [2.75, 3.05) is 20.1 Å². The molecule has 0 saturated carbocycles. The zero-order chi connectivity index (χ0) is 18.0. The first kappa shape index (κ1) is 17.5. The van der Waals surface area contributed by atoms with E-state index in [0.29, 0.717) is 5.56 Å². The molecule has 1 saturated heterocycles. The highest BCUT2D eigenvalue weighted by Gasteiger charge is 2.24. The molecule has 1 unspecified atom stereocenters. The summed E-state index contributed by atoms with van der Waals surface area (Å²) in [6, 6.07) is 3.46. The van der Waals surface area contributed by atoms with Crippen molar-refractivity contribution in [1.29, 1.82) is 0 Å². The monoisotopic (exact) mass is 349 g/mol. The SMILES string of the molecule is CC(c1ccc(F)c(F)c1)N(C)C(=O)c1cn(C2CCNCC2)nn1. The quantitative estimate of drug-likeness (QED) is 0.920. The number of rotatable bonds is 4. The van der Waals surface area contributed by atoms with Crippen LogP contribution in [0, 0.1) is 11.6 Å². The van der Waals surface area contributed by atoms with Crippen LogP contribution in [-0.2, 0) is 0 Å². The van der Waals surface area contributed by atoms with Crippen LogP contribution in [0.2, 0.25) is 0 Å². The highest BCUT2D eigenvalue weighted by molar-refractivity contribution is 5.92. The summed E-state index contributed by atoms with van der Waals surface area (Å²) in [5.41, 5.74) is 0.760. The number of aromatic nitrogens is 3. The lowest BCUT2D eigenvalue weighted by atomic mass is 10.1. The van der Waals surface area contributed by atoms with Crippen molar-refractivity contribution in [1.82, 2.24) is 25.2 Å². The van der Waals surface area contributed by atoms with E-state index in [4.69, 9.17) is 0 Å². The first-order chi connectivity index (χ1) is 12.0. The predicted molar refractivity (Wildman–Crippen MR) is 88.0 cm³/mol. The van der Waals surface area contributed by atoms with Gasteiger partial charge in [-0.05, 0) is 50.6 Å². The van der Waals surface area contributed by atoms with Gasteiger partial charge in [-0.1, -0.05) is 11.3 Å². The maximum absolute atomic E-state index is 13.4. The van der Waals surface area contributed by atoms with Crippen LogP contribution in [0.1, 0.15) is 47.9 Å². The van der Waals surface area contributed by atoms with Crippen molar-refractivity contribution in [2.24, 2.45) is 0 Å². The number of carbonyl (C=O) groups excluding carboxylic acids is 1. The maximum atomic E-state index is 13.4. The van der Waals surface area contributed by atoms with E-state index in [2.05, 4.69) is 15.6 Å². The summed E-state index contributed by atoms with van der Waals surface area (Å²) in [6.07, 6.45) is 3.54. The molecule has 3 rings (SSSR count). The third-order valence-electron chi connectivity index (χ3n) is 4.74. The van der Waals surface area contributed by atoms with Crippen LogP contribution in [-0.4, -0.2) is 45.9 Å². The molecule has 1 amide bonds. The van der Waals surface area contributed by atoms with Crippen molar-refractivity contribution in [2.45, 2.75) is 31.8 Å². The number of carbonyl (C=O) groups is 1. The van der Waals surface area contributed by atoms with Crippen molar-refractivity contribution in [3.63, 3.8) is 0 Å². The van der Waals surface area contributed by atoms with Gasteiger partial charge >= 0.3 is 0 Å². The van der Waals surface area contributed by atoms with E-state index < -0.39 is 17.7 Å². The van der Waals surface area contributed by atoms with Gasteiger partial charge in [0.05, 0.1) is 18.3 Å². The number of halogens is 2. The van der Waals surface area contributed by atoms with Crippen molar-refractivity contribution < 1.29 is 13.6 Å². The standard InChI is InChI=1S/C17H21F2N5O/c1-11(12-3-4-14(18)15(19)9-12)23(2)17(25)16-10-24(22-21-16)13-5-7-20-8-6-13/h3-4,9-11,13,20H,5-8H2,1-2H3. The molecule has 134 valence electrons. The summed E-state index contributed by atoms with van der Waals surface area (Å²) in [4.78, 5) is 14.1. The lowest BCUT2D eigenvalue weighted by Crippen LogP contribution is -2.30. The molecule has 0 radical (unpaired) electrons. The Bertz CT molecular complexity index is 757. The van der Waals surface area contributed by atoms with Crippen LogP contribution in [0.4, 0.5) is 8.78 Å². The first-order valence-electron chi connectivity index (χ1n) is 8.32. The number of nitrogens with one attached hydrogen (secondary N) is 1. The molecule has 1 aliphatic heterocycles. The molecule has 25 heavy (non-hydrogen) atoms. The number of benzene rings is 1. The fraction of sp³-hybridized carbons (Fsp3) is 0.471. The normalized spacial score (nSPS) is 16.6. The molecule has 1 fully saturated rings. The van der Waals surface area contributed by atoms with E-state index in [1.54, 1.807) is 24.9 Å². The Morgan fingerprint density at radius 2 is 2.04 bits per heavy atom. The Hall–Kier alpha value is -2.35. The average Bonchev–Trinajstić information content (AvgIpc) is 3.13. The molecule has 1 atom stereocenters. The summed E-state index contributed by atoms with van der Waals surface area (Å²) in [7, 11) is 1.61. The first-order valence-corrected chi connectivity index (χ1v) is 8.32. The minimum absolute atomic E-state index is 0.240. The third-order valence-corrected chi connectivity index (χ3v) is 4.74. The van der Waals surface area contributed by atoms with Gasteiger partial charge in [-0.3, -0.25) is 4.79 Å². The van der Waals surface area contributed by atoms with Crippen LogP contribution >= 0.6 is 0 Å². The minimum atomic E-state index is -0.929. The van der Waals surface area contributed by atoms with Gasteiger partial charge in [-0.25, -0.2) is 13.5 Å². The second kappa shape index (κ2) is 7.26. The van der Waals surface area contributed by atoms with E-state index >= 15 is 0 Å². The van der Waals surface area contributed by atoms with Crippen LogP contribution in [0.15, 0.2) is 24.4 Å². The molecule has 1 aromatic carbocycles. The fourth-order valence-electron chi connectivity index (χ4n) is 2.98. The number of amides is 1. The zero-order valence-corrected chi connectivity index (χ0v) is 14.2. The largest absolute Gasteiger partial charge is 0.334 e. The van der Waals surface area contributed by atoms with E-state index in [0.717, 1.165) is 38.1 Å². The highest BCUT2D eigenvalue weighted by Crippen LogP contribution is 2.23. The molecule has 2 aromatic rings. The maximum Gasteiger partial charge on any atom is 0.276 e. The van der Waals surface area contributed by atoms with Crippen LogP contribution < -0.4 is 5.32 Å². The van der Waals surface area contributed by atoms with E-state index in [9.17, 15) is 13.6 Å². The molecule has 1 N–H and O–H groups in total. The Morgan fingerprint density at radius 1 is 1.32 bits per heavy atom. The van der Waals surface area contributed by atoms with E-state index in [1.807, 2.05) is 0 Å². The average molecular weight is 349 g/mol. The second-order valence-electron chi connectivity index (χ2n) is 6.33. The zero-order valence-electron chi connectivity index (χ0n) is 14.2. The van der Waals surface area contributed by atoms with Gasteiger partial charge in [0.25, 0.3) is 5.91 Å². The van der Waals surface area contributed by atoms with Crippen molar-refractivity contribution >= 4 is 5.91 Å². The van der Waals surface area contributed by atoms with Crippen LogP contribution in [0.5, 0.6) is 0 Å². The van der Waals surface area contributed by atoms with Gasteiger partial charge in [0, 0.05) is 7.05 Å². The van der Waals surface area contributed by atoms with Gasteiger partial charge in [-0.15, -0.1) is 5.10 Å². The minimum Gasteiger partial charge on any atom is -0.334 e. The summed E-state index contributed by atoms with van der Waals surface area (Å²) in [5.74, 6) is -2.14. The third kappa shape index (κ3) is 3.68. The molecule has 6 nitrogen and oxygen atoms in total. The number of piperidine rings is 1. The molecule has 0 aliphatic carbocycles. The van der Waals surface area contributed by atoms with Gasteiger partial charge in [0.2, 0.25) is 0 Å². The molecule has 1 aromatic heterocycles. The fourth-order valence-corrected chi connectivity index (χ4v) is 2.98. The van der Waals surface area contributed by atoms with Gasteiger partial charge in [-0.2, -0.15) is 0 Å². The molecule has 0 spiro atoms. The second-order valence-corrected chi connectivity index (χ2v) is 6.33. The lowest BCUT2D eigenvalue weighted by Gasteiger charge is -2.24. The van der Waals surface area contributed by atoms with Gasteiger partial charge in [0.1, 0.15) is 0 Å². The lowest BCUT2D eigenvalue weighted by molar-refractivity contribution is 0.0736. The number of hydrogen-bond acceptors (Lipinski definition) is 4. The van der Waals surface area contributed by atoms with E-state index in [1.165, 1.54) is 11.0 Å². The summed E-state index contributed by atoms with van der Waals surface area (Å²) in [5, 5.41) is 11.4. The summed E-state index contributed by atoms with van der Waals surface area (Å²) >= 11 is 0. The summed E-state index contributed by atoms with van der Waals surface area (Å²) < 4.78 is 28.3. The predicted octanol–water partition coefficient (Wildman–Crippen LogP) is 2.31. The van der Waals surface area contributed by atoms with Crippen molar-refractivity contribution in [3.8, 4) is 0 Å². The molecule has 8 heteroatoms. The van der Waals surface area contributed by atoms with Gasteiger partial charge < -0.3 is 10.2 Å². The molecule has 1 aliphatic rings. The van der Waals surface area contributed by atoms with Crippen LogP contribution in [0.25, 0.3) is 0 Å². The molecule has 0 bridgehead atoms. The summed E-state index contributed by atoms with van der Waals surface area (Å²) in [6.45, 7) is 3.59. The number of nitrogens with zero attached hydrogens (tertiary/aromatic N) is 4. The number of hydrogen-bond donors (Lipinski definition) is 1. The van der Waals surface area contributed by atoms with E-state index in [-0.39, 0.29) is 17.6 Å². The topological polar surface area (TPSA) is 63.1 Å². The molecular weight excluding hydrogens is 328 g/mol. The Labute approximate surface area is 144 Å². The van der Waals surface area contributed by atoms with Crippen LogP contribution in [0.3, 0.4) is 0 Å². The van der Waals surface area contributed by atoms with Crippen molar-refractivity contribution in [3.05, 3.63) is 47.3 Å². The molecule has 2 heterocycles. The smallest absolute Gasteiger partial charge is 0.276 e. The Morgan fingerprint density at radius 3 is 2.72 bits per heavy atom. The molecular formula is C17H21F2N5O. The highest BCUT2D eigenvalue weighted by atomic mass is 19.2. The Kier molecular flexibility index (Phi) is 5.08.